The minimum Gasteiger partial charge on any atom is -0.493 e. The summed E-state index contributed by atoms with van der Waals surface area (Å²) in [5.41, 5.74) is 2.12. The van der Waals surface area contributed by atoms with Crippen LogP contribution in [0.15, 0.2) is 12.1 Å². The second-order valence-corrected chi connectivity index (χ2v) is 7.62. The lowest BCUT2D eigenvalue weighted by atomic mass is 10.1. The van der Waals surface area contributed by atoms with Gasteiger partial charge in [-0.1, -0.05) is 0 Å². The summed E-state index contributed by atoms with van der Waals surface area (Å²) in [7, 11) is 6.04. The average molecular weight is 451 g/mol. The van der Waals surface area contributed by atoms with Gasteiger partial charge in [-0.25, -0.2) is 4.68 Å². The monoisotopic (exact) mass is 450 g/mol. The van der Waals surface area contributed by atoms with Crippen LogP contribution in [0.5, 0.6) is 17.2 Å². The summed E-state index contributed by atoms with van der Waals surface area (Å²) in [5, 5.41) is 10.2. The highest BCUT2D eigenvalue weighted by Crippen LogP contribution is 2.39. The highest BCUT2D eigenvalue weighted by Gasteiger charge is 2.26. The lowest BCUT2D eigenvalue weighted by Crippen LogP contribution is -2.31. The standard InChI is InChI=1S/C20H26N4O6S/c1-27-6-5-21-17(25)9-24-19(13-10-31-11-14(13)23-24)22-20(26)12-7-15(28-2)18(30-4)16(8-12)29-3/h7-8H,5-6,9-11H2,1-4H3,(H,21,25)(H,22,26). The van der Waals surface area contributed by atoms with Crippen molar-refractivity contribution in [3.8, 4) is 17.2 Å². The van der Waals surface area contributed by atoms with Crippen LogP contribution >= 0.6 is 11.8 Å². The fourth-order valence-electron chi connectivity index (χ4n) is 3.20. The van der Waals surface area contributed by atoms with E-state index in [1.165, 1.54) is 26.0 Å². The maximum atomic E-state index is 13.1. The number of anilines is 1. The van der Waals surface area contributed by atoms with Gasteiger partial charge < -0.3 is 29.6 Å². The first-order chi connectivity index (χ1) is 15.0. The smallest absolute Gasteiger partial charge is 0.257 e. The Labute approximate surface area is 184 Å². The largest absolute Gasteiger partial charge is 0.493 e. The van der Waals surface area contributed by atoms with Crippen LogP contribution in [0.3, 0.4) is 0 Å². The number of amides is 2. The second-order valence-electron chi connectivity index (χ2n) is 6.64. The predicted molar refractivity (Wildman–Crippen MR) is 116 cm³/mol. The molecule has 0 saturated heterocycles. The van der Waals surface area contributed by atoms with E-state index in [0.29, 0.717) is 47.5 Å². The third-order valence-corrected chi connectivity index (χ3v) is 5.67. The van der Waals surface area contributed by atoms with E-state index in [1.54, 1.807) is 31.0 Å². The van der Waals surface area contributed by atoms with E-state index in [4.69, 9.17) is 18.9 Å². The Morgan fingerprint density at radius 1 is 1.10 bits per heavy atom. The molecule has 1 aliphatic rings. The van der Waals surface area contributed by atoms with Gasteiger partial charge in [0.15, 0.2) is 11.5 Å². The van der Waals surface area contributed by atoms with E-state index in [2.05, 4.69) is 15.7 Å². The predicted octanol–water partition coefficient (Wildman–Crippen LogP) is 1.67. The van der Waals surface area contributed by atoms with Crippen molar-refractivity contribution in [2.24, 2.45) is 0 Å². The molecule has 1 aromatic heterocycles. The summed E-state index contributed by atoms with van der Waals surface area (Å²) in [6, 6.07) is 3.15. The number of fused-ring (bicyclic) bond motifs is 1. The molecule has 0 spiro atoms. The number of nitrogens with one attached hydrogen (secondary N) is 2. The number of nitrogens with zero attached hydrogens (tertiary/aromatic N) is 2. The van der Waals surface area contributed by atoms with Crippen molar-refractivity contribution in [1.29, 1.82) is 0 Å². The normalized spacial score (nSPS) is 12.3. The van der Waals surface area contributed by atoms with E-state index >= 15 is 0 Å². The first-order valence-electron chi connectivity index (χ1n) is 9.55. The van der Waals surface area contributed by atoms with E-state index in [9.17, 15) is 9.59 Å². The molecule has 0 atom stereocenters. The van der Waals surface area contributed by atoms with Gasteiger partial charge in [0.2, 0.25) is 11.7 Å². The highest BCUT2D eigenvalue weighted by molar-refractivity contribution is 7.98. The molecule has 3 rings (SSSR count). The number of thioether (sulfide) groups is 1. The van der Waals surface area contributed by atoms with Gasteiger partial charge in [-0.05, 0) is 12.1 Å². The number of rotatable bonds is 10. The number of hydrogen-bond acceptors (Lipinski definition) is 8. The van der Waals surface area contributed by atoms with Crippen molar-refractivity contribution < 1.29 is 28.5 Å². The topological polar surface area (TPSA) is 113 Å². The molecule has 1 aromatic carbocycles. The number of ether oxygens (including phenoxy) is 4. The second kappa shape index (κ2) is 10.4. The SMILES string of the molecule is COCCNC(=O)Cn1nc2c(c1NC(=O)c1cc(OC)c(OC)c(OC)c1)CSC2. The molecule has 31 heavy (non-hydrogen) atoms. The van der Waals surface area contributed by atoms with E-state index in [-0.39, 0.29) is 18.4 Å². The molecule has 10 nitrogen and oxygen atoms in total. The average Bonchev–Trinajstić information content (AvgIpc) is 3.35. The van der Waals surface area contributed by atoms with Crippen LogP contribution in [0.4, 0.5) is 5.82 Å². The zero-order chi connectivity index (χ0) is 22.4. The molecule has 0 radical (unpaired) electrons. The Kier molecular flexibility index (Phi) is 7.64. The van der Waals surface area contributed by atoms with Gasteiger partial charge >= 0.3 is 0 Å². The molecule has 1 aliphatic heterocycles. The van der Waals surface area contributed by atoms with Crippen molar-refractivity contribution in [1.82, 2.24) is 15.1 Å². The van der Waals surface area contributed by atoms with Gasteiger partial charge in [0, 0.05) is 36.3 Å². The summed E-state index contributed by atoms with van der Waals surface area (Å²) < 4.78 is 22.5. The van der Waals surface area contributed by atoms with E-state index in [0.717, 1.165) is 17.0 Å². The van der Waals surface area contributed by atoms with Crippen LogP contribution < -0.4 is 24.8 Å². The molecule has 2 N–H and O–H groups in total. The molecular weight excluding hydrogens is 424 g/mol. The molecule has 2 heterocycles. The maximum absolute atomic E-state index is 13.1. The Morgan fingerprint density at radius 3 is 2.42 bits per heavy atom. The number of benzene rings is 1. The summed E-state index contributed by atoms with van der Waals surface area (Å²) in [6.07, 6.45) is 0. The third kappa shape index (κ3) is 5.05. The number of aromatic nitrogens is 2. The highest BCUT2D eigenvalue weighted by atomic mass is 32.2. The number of carbonyl (C=O) groups excluding carboxylic acids is 2. The van der Waals surface area contributed by atoms with Crippen molar-refractivity contribution >= 4 is 29.4 Å². The van der Waals surface area contributed by atoms with Crippen LogP contribution in [-0.2, 0) is 27.6 Å². The lowest BCUT2D eigenvalue weighted by Gasteiger charge is -2.15. The van der Waals surface area contributed by atoms with Crippen LogP contribution in [-0.4, -0.2) is 63.2 Å². The first kappa shape index (κ1) is 22.8. The maximum Gasteiger partial charge on any atom is 0.257 e. The van der Waals surface area contributed by atoms with Crippen LogP contribution in [0.2, 0.25) is 0 Å². The first-order valence-corrected chi connectivity index (χ1v) is 10.7. The number of carbonyl (C=O) groups is 2. The van der Waals surface area contributed by atoms with E-state index in [1.807, 2.05) is 0 Å². The minimum atomic E-state index is -0.375. The molecule has 11 heteroatoms. The Balaban J connectivity index is 1.85. The van der Waals surface area contributed by atoms with Gasteiger partial charge in [0.25, 0.3) is 5.91 Å². The van der Waals surface area contributed by atoms with Crippen LogP contribution in [0, 0.1) is 0 Å². The Bertz CT molecular complexity index is 936. The molecule has 0 unspecified atom stereocenters. The van der Waals surface area contributed by atoms with E-state index < -0.39 is 0 Å². The molecule has 2 amide bonds. The fourth-order valence-corrected chi connectivity index (χ4v) is 4.23. The Morgan fingerprint density at radius 2 is 1.81 bits per heavy atom. The van der Waals surface area contributed by atoms with Gasteiger partial charge in [-0.15, -0.1) is 0 Å². The Hall–Kier alpha value is -2.92. The third-order valence-electron chi connectivity index (χ3n) is 4.70. The lowest BCUT2D eigenvalue weighted by molar-refractivity contribution is -0.122. The number of methoxy groups -OCH3 is 4. The molecule has 0 fully saturated rings. The molecule has 2 aromatic rings. The van der Waals surface area contributed by atoms with Crippen molar-refractivity contribution in [2.75, 3.05) is 46.9 Å². The van der Waals surface area contributed by atoms with Crippen LogP contribution in [0.1, 0.15) is 21.6 Å². The summed E-state index contributed by atoms with van der Waals surface area (Å²) >= 11 is 1.71. The van der Waals surface area contributed by atoms with Gasteiger partial charge in [0.1, 0.15) is 12.4 Å². The van der Waals surface area contributed by atoms with Crippen molar-refractivity contribution in [2.45, 2.75) is 18.1 Å². The van der Waals surface area contributed by atoms with Crippen molar-refractivity contribution in [3.63, 3.8) is 0 Å². The summed E-state index contributed by atoms with van der Waals surface area (Å²) in [5.74, 6) is 2.52. The van der Waals surface area contributed by atoms with Gasteiger partial charge in [0.05, 0.1) is 33.6 Å². The minimum absolute atomic E-state index is 0.00769. The van der Waals surface area contributed by atoms with Gasteiger partial charge in [-0.2, -0.15) is 16.9 Å². The number of hydrogen-bond donors (Lipinski definition) is 2. The van der Waals surface area contributed by atoms with Crippen molar-refractivity contribution in [3.05, 3.63) is 29.0 Å². The molecule has 0 bridgehead atoms. The quantitative estimate of drug-likeness (QED) is 0.526. The van der Waals surface area contributed by atoms with Crippen LogP contribution in [0.25, 0.3) is 0 Å². The molecule has 0 saturated carbocycles. The molecule has 168 valence electrons. The molecular formula is C20H26N4O6S. The summed E-state index contributed by atoms with van der Waals surface area (Å²) in [6.45, 7) is 0.814. The van der Waals surface area contributed by atoms with Gasteiger partial charge in [-0.3, -0.25) is 9.59 Å². The molecule has 0 aliphatic carbocycles. The summed E-state index contributed by atoms with van der Waals surface area (Å²) in [4.78, 5) is 25.3. The zero-order valence-electron chi connectivity index (χ0n) is 17.9. The fraction of sp³-hybridized carbons (Fsp3) is 0.450. The zero-order valence-corrected chi connectivity index (χ0v) is 18.8.